The highest BCUT2D eigenvalue weighted by atomic mass is 32.1. The number of rotatable bonds is 5. The summed E-state index contributed by atoms with van der Waals surface area (Å²) in [5.74, 6) is 0.296. The van der Waals surface area contributed by atoms with Crippen molar-refractivity contribution in [3.05, 3.63) is 64.2 Å². The van der Waals surface area contributed by atoms with Crippen molar-refractivity contribution in [2.75, 3.05) is 5.43 Å². The van der Waals surface area contributed by atoms with Crippen LogP contribution in [0.15, 0.2) is 47.6 Å². The Morgan fingerprint density at radius 3 is 2.69 bits per heavy atom. The monoisotopic (exact) mass is 460 g/mol. The first-order valence-electron chi connectivity index (χ1n) is 10.8. The molecule has 0 atom stereocenters. The van der Waals surface area contributed by atoms with Crippen molar-refractivity contribution in [3.8, 4) is 10.6 Å². The number of aryl methyl sites for hydroxylation is 1. The van der Waals surface area contributed by atoms with E-state index in [-0.39, 0.29) is 11.7 Å². The average Bonchev–Trinajstić information content (AvgIpc) is 3.42. The van der Waals surface area contributed by atoms with Crippen LogP contribution in [0.3, 0.4) is 0 Å². The molecular weight excluding hydrogens is 436 g/mol. The third kappa shape index (κ3) is 3.98. The summed E-state index contributed by atoms with van der Waals surface area (Å²) in [6.07, 6.45) is 3.04. The van der Waals surface area contributed by atoms with Crippen molar-refractivity contribution in [1.82, 2.24) is 9.97 Å². The molecule has 0 saturated carbocycles. The molecule has 7 heteroatoms. The SMILES string of the molecule is CC(=O)c1nc(-c2ccc3c(c2)/C(=N/Nc2nc4ccccc4s2)CCC3)sc1C(C)C. The third-order valence-electron chi connectivity index (χ3n) is 5.62. The lowest BCUT2D eigenvalue weighted by atomic mass is 9.89. The molecule has 32 heavy (non-hydrogen) atoms. The van der Waals surface area contributed by atoms with Crippen LogP contribution in [0.1, 0.15) is 66.0 Å². The zero-order valence-corrected chi connectivity index (χ0v) is 19.9. The molecule has 0 saturated heterocycles. The van der Waals surface area contributed by atoms with Crippen molar-refractivity contribution in [2.45, 2.75) is 46.0 Å². The number of aromatic nitrogens is 2. The minimum absolute atomic E-state index is 0.0245. The first-order valence-corrected chi connectivity index (χ1v) is 12.5. The van der Waals surface area contributed by atoms with Crippen LogP contribution < -0.4 is 5.43 Å². The number of hydrogen-bond acceptors (Lipinski definition) is 7. The number of fused-ring (bicyclic) bond motifs is 2. The lowest BCUT2D eigenvalue weighted by molar-refractivity contribution is 0.101. The number of nitrogens with one attached hydrogen (secondary N) is 1. The summed E-state index contributed by atoms with van der Waals surface area (Å²) < 4.78 is 1.15. The largest absolute Gasteiger partial charge is 0.293 e. The number of nitrogens with zero attached hydrogens (tertiary/aromatic N) is 3. The zero-order valence-electron chi connectivity index (χ0n) is 18.3. The summed E-state index contributed by atoms with van der Waals surface area (Å²) in [5.41, 5.74) is 9.31. The van der Waals surface area contributed by atoms with Gasteiger partial charge in [-0.05, 0) is 48.9 Å². The van der Waals surface area contributed by atoms with Crippen LogP contribution in [0.4, 0.5) is 5.13 Å². The van der Waals surface area contributed by atoms with Gasteiger partial charge in [0.15, 0.2) is 5.78 Å². The Morgan fingerprint density at radius 2 is 1.94 bits per heavy atom. The third-order valence-corrected chi connectivity index (χ3v) is 7.97. The van der Waals surface area contributed by atoms with Crippen LogP contribution in [0.5, 0.6) is 0 Å². The molecule has 1 aliphatic rings. The first-order chi connectivity index (χ1) is 15.5. The molecule has 4 aromatic rings. The molecule has 1 N–H and O–H groups in total. The molecule has 1 aliphatic carbocycles. The topological polar surface area (TPSA) is 67.2 Å². The second-order valence-electron chi connectivity index (χ2n) is 8.33. The Bertz CT molecular complexity index is 1320. The van der Waals surface area contributed by atoms with Crippen LogP contribution in [0, 0.1) is 0 Å². The maximum atomic E-state index is 12.1. The predicted octanol–water partition coefficient (Wildman–Crippen LogP) is 6.90. The van der Waals surface area contributed by atoms with Gasteiger partial charge in [-0.2, -0.15) is 5.10 Å². The molecule has 2 heterocycles. The highest BCUT2D eigenvalue weighted by Gasteiger charge is 2.21. The molecular formula is C25H24N4OS2. The van der Waals surface area contributed by atoms with Crippen LogP contribution in [-0.2, 0) is 6.42 Å². The molecule has 0 amide bonds. The van der Waals surface area contributed by atoms with Crippen LogP contribution >= 0.6 is 22.7 Å². The molecule has 0 aliphatic heterocycles. The van der Waals surface area contributed by atoms with E-state index >= 15 is 0 Å². The van der Waals surface area contributed by atoms with Crippen LogP contribution in [0.2, 0.25) is 0 Å². The summed E-state index contributed by atoms with van der Waals surface area (Å²) in [6.45, 7) is 5.81. The van der Waals surface area contributed by atoms with Gasteiger partial charge in [-0.15, -0.1) is 11.3 Å². The van der Waals surface area contributed by atoms with Crippen molar-refractivity contribution in [3.63, 3.8) is 0 Å². The van der Waals surface area contributed by atoms with Gasteiger partial charge < -0.3 is 0 Å². The summed E-state index contributed by atoms with van der Waals surface area (Å²) in [7, 11) is 0. The number of para-hydroxylation sites is 1. The van der Waals surface area contributed by atoms with Gasteiger partial charge in [-0.1, -0.05) is 49.4 Å². The van der Waals surface area contributed by atoms with E-state index < -0.39 is 0 Å². The van der Waals surface area contributed by atoms with Gasteiger partial charge in [0.25, 0.3) is 0 Å². The Kier molecular flexibility index (Phi) is 5.61. The van der Waals surface area contributed by atoms with Crippen molar-refractivity contribution in [1.29, 1.82) is 0 Å². The number of hydrogen-bond donors (Lipinski definition) is 1. The number of Topliss-reactive ketones (excluding diaryl/α,β-unsaturated/α-hetero) is 1. The van der Waals surface area contributed by atoms with Gasteiger partial charge in [0.1, 0.15) is 10.7 Å². The van der Waals surface area contributed by atoms with Crippen molar-refractivity contribution < 1.29 is 4.79 Å². The highest BCUT2D eigenvalue weighted by molar-refractivity contribution is 7.22. The number of benzene rings is 2. The van der Waals surface area contributed by atoms with Gasteiger partial charge in [-0.3, -0.25) is 10.2 Å². The van der Waals surface area contributed by atoms with E-state index in [0.717, 1.165) is 61.3 Å². The first kappa shape index (κ1) is 21.0. The molecule has 0 unspecified atom stereocenters. The molecule has 2 aromatic heterocycles. The average molecular weight is 461 g/mol. The Morgan fingerprint density at radius 1 is 1.09 bits per heavy atom. The highest BCUT2D eigenvalue weighted by Crippen LogP contribution is 2.35. The fourth-order valence-electron chi connectivity index (χ4n) is 4.03. The van der Waals surface area contributed by atoms with E-state index in [9.17, 15) is 4.79 Å². The maximum absolute atomic E-state index is 12.1. The molecule has 0 fully saturated rings. The minimum atomic E-state index is 0.0245. The molecule has 0 spiro atoms. The van der Waals surface area contributed by atoms with E-state index in [0.29, 0.717) is 5.69 Å². The van der Waals surface area contributed by atoms with Crippen molar-refractivity contribution >= 4 is 49.5 Å². The molecule has 5 rings (SSSR count). The van der Waals surface area contributed by atoms with Gasteiger partial charge >= 0.3 is 0 Å². The van der Waals surface area contributed by atoms with Crippen LogP contribution in [-0.4, -0.2) is 21.5 Å². The summed E-state index contributed by atoms with van der Waals surface area (Å²) in [6, 6.07) is 14.6. The minimum Gasteiger partial charge on any atom is -0.293 e. The second kappa shape index (κ2) is 8.56. The van der Waals surface area contributed by atoms with Crippen molar-refractivity contribution in [2.24, 2.45) is 5.10 Å². The lowest BCUT2D eigenvalue weighted by Gasteiger charge is -2.18. The van der Waals surface area contributed by atoms with E-state index in [1.54, 1.807) is 29.6 Å². The van der Waals surface area contributed by atoms with E-state index in [1.165, 1.54) is 5.56 Å². The number of anilines is 1. The molecule has 0 radical (unpaired) electrons. The quantitative estimate of drug-likeness (QED) is 0.260. The fraction of sp³-hybridized carbons (Fsp3) is 0.280. The normalized spacial score (nSPS) is 14.8. The number of hydrazone groups is 1. The fourth-order valence-corrected chi connectivity index (χ4v) is 5.95. The predicted molar refractivity (Wildman–Crippen MR) is 134 cm³/mol. The van der Waals surface area contributed by atoms with Gasteiger partial charge in [0.2, 0.25) is 5.13 Å². The van der Waals surface area contributed by atoms with Gasteiger partial charge in [0.05, 0.1) is 15.9 Å². The molecule has 162 valence electrons. The van der Waals surface area contributed by atoms with Gasteiger partial charge in [0, 0.05) is 22.9 Å². The van der Waals surface area contributed by atoms with Gasteiger partial charge in [-0.25, -0.2) is 9.97 Å². The van der Waals surface area contributed by atoms with E-state index in [1.807, 2.05) is 18.2 Å². The Labute approximate surface area is 195 Å². The number of thiazole rings is 2. The molecule has 5 nitrogen and oxygen atoms in total. The second-order valence-corrected chi connectivity index (χ2v) is 10.4. The summed E-state index contributed by atoms with van der Waals surface area (Å²) in [5, 5.41) is 6.44. The number of ketones is 1. The lowest BCUT2D eigenvalue weighted by Crippen LogP contribution is -2.13. The summed E-state index contributed by atoms with van der Waals surface area (Å²) >= 11 is 3.23. The Balaban J connectivity index is 1.49. The summed E-state index contributed by atoms with van der Waals surface area (Å²) in [4.78, 5) is 22.5. The standard InChI is InChI=1S/C25H24N4OS2/c1-14(2)23-22(15(3)30)27-24(32-23)17-12-11-16-7-6-9-19(18(16)13-17)28-29-25-26-20-8-4-5-10-21(20)31-25/h4-5,8,10-14H,6-7,9H2,1-3H3,(H,26,29)/b28-19+. The Hall–Kier alpha value is -2.90. The number of carbonyl (C=O) groups is 1. The smallest absolute Gasteiger partial charge is 0.204 e. The van der Waals surface area contributed by atoms with E-state index in [2.05, 4.69) is 48.5 Å². The van der Waals surface area contributed by atoms with E-state index in [4.69, 9.17) is 10.1 Å². The molecule has 0 bridgehead atoms. The maximum Gasteiger partial charge on any atom is 0.204 e. The number of carbonyl (C=O) groups excluding carboxylic acids is 1. The zero-order chi connectivity index (χ0) is 22.2. The molecule has 2 aromatic carbocycles. The van der Waals surface area contributed by atoms with Crippen LogP contribution in [0.25, 0.3) is 20.8 Å².